The number of ether oxygens (including phenoxy) is 1. The van der Waals surface area contributed by atoms with E-state index in [4.69, 9.17) is 20.7 Å². The zero-order chi connectivity index (χ0) is 11.0. The summed E-state index contributed by atoms with van der Waals surface area (Å²) in [6.07, 6.45) is 0. The lowest BCUT2D eigenvalue weighted by Crippen LogP contribution is -1.84. The van der Waals surface area contributed by atoms with Crippen LogP contribution in [0.3, 0.4) is 0 Å². The van der Waals surface area contributed by atoms with Gasteiger partial charge in [-0.2, -0.15) is 0 Å². The Balaban J connectivity index is 0.000000292. The average molecular weight is 199 g/mol. The van der Waals surface area contributed by atoms with Crippen LogP contribution in [0.15, 0.2) is 18.2 Å². The van der Waals surface area contributed by atoms with Gasteiger partial charge in [0.05, 0.1) is 5.69 Å². The minimum atomic E-state index is -0.00667. The lowest BCUT2D eigenvalue weighted by molar-refractivity contribution is 0.162. The SMILES string of the molecule is CCOCC.Nc1cc(O)ccc1O. The summed E-state index contributed by atoms with van der Waals surface area (Å²) in [7, 11) is 0. The lowest BCUT2D eigenvalue weighted by Gasteiger charge is -1.96. The minimum Gasteiger partial charge on any atom is -0.508 e. The Labute approximate surface area is 83.9 Å². The van der Waals surface area contributed by atoms with Gasteiger partial charge in [-0.25, -0.2) is 0 Å². The van der Waals surface area contributed by atoms with Gasteiger partial charge in [-0.05, 0) is 26.0 Å². The Hall–Kier alpha value is -1.42. The highest BCUT2D eigenvalue weighted by molar-refractivity contribution is 5.54. The molecule has 1 aromatic carbocycles. The van der Waals surface area contributed by atoms with Crippen molar-refractivity contribution in [1.29, 1.82) is 0 Å². The van der Waals surface area contributed by atoms with E-state index in [-0.39, 0.29) is 17.2 Å². The Morgan fingerprint density at radius 1 is 1.21 bits per heavy atom. The number of rotatable bonds is 2. The van der Waals surface area contributed by atoms with E-state index in [2.05, 4.69) is 0 Å². The minimum absolute atomic E-state index is 0.00667. The van der Waals surface area contributed by atoms with Crippen LogP contribution in [0.1, 0.15) is 13.8 Å². The normalized spacial score (nSPS) is 9.00. The van der Waals surface area contributed by atoms with Crippen LogP contribution in [-0.2, 0) is 4.74 Å². The van der Waals surface area contributed by atoms with Crippen molar-refractivity contribution >= 4 is 5.69 Å². The summed E-state index contributed by atoms with van der Waals surface area (Å²) in [6, 6.07) is 3.99. The number of aromatic hydroxyl groups is 2. The highest BCUT2D eigenvalue weighted by Crippen LogP contribution is 2.23. The van der Waals surface area contributed by atoms with Gasteiger partial charge < -0.3 is 20.7 Å². The van der Waals surface area contributed by atoms with Crippen molar-refractivity contribution in [3.63, 3.8) is 0 Å². The fourth-order valence-electron chi connectivity index (χ4n) is 0.746. The molecule has 0 saturated carbocycles. The van der Waals surface area contributed by atoms with Gasteiger partial charge in [-0.1, -0.05) is 0 Å². The van der Waals surface area contributed by atoms with E-state index in [0.29, 0.717) is 0 Å². The molecule has 14 heavy (non-hydrogen) atoms. The second kappa shape index (κ2) is 7.03. The third-order valence-corrected chi connectivity index (χ3v) is 1.42. The summed E-state index contributed by atoms with van der Waals surface area (Å²) in [5.74, 6) is 0.0538. The largest absolute Gasteiger partial charge is 0.508 e. The molecule has 1 aromatic rings. The zero-order valence-corrected chi connectivity index (χ0v) is 8.53. The molecule has 4 N–H and O–H groups in total. The number of benzene rings is 1. The maximum absolute atomic E-state index is 8.81. The predicted octanol–water partition coefficient (Wildman–Crippen LogP) is 1.72. The summed E-state index contributed by atoms with van der Waals surface area (Å²) in [5.41, 5.74) is 5.40. The van der Waals surface area contributed by atoms with Gasteiger partial charge >= 0.3 is 0 Å². The van der Waals surface area contributed by atoms with Gasteiger partial charge in [-0.3, -0.25) is 0 Å². The Morgan fingerprint density at radius 2 is 1.79 bits per heavy atom. The Morgan fingerprint density at radius 3 is 2.07 bits per heavy atom. The monoisotopic (exact) mass is 199 g/mol. The van der Waals surface area contributed by atoms with Crippen LogP contribution in [0, 0.1) is 0 Å². The number of anilines is 1. The molecule has 4 nitrogen and oxygen atoms in total. The predicted molar refractivity (Wildman–Crippen MR) is 56.4 cm³/mol. The quantitative estimate of drug-likeness (QED) is 0.385. The van der Waals surface area contributed by atoms with Crippen molar-refractivity contribution in [3.05, 3.63) is 18.2 Å². The van der Waals surface area contributed by atoms with Crippen LogP contribution in [0.2, 0.25) is 0 Å². The van der Waals surface area contributed by atoms with Gasteiger partial charge in [0, 0.05) is 19.3 Å². The fourth-order valence-corrected chi connectivity index (χ4v) is 0.746. The van der Waals surface area contributed by atoms with Gasteiger partial charge in [0.25, 0.3) is 0 Å². The molecule has 0 fully saturated rings. The highest BCUT2D eigenvalue weighted by atomic mass is 16.5. The van der Waals surface area contributed by atoms with Crippen LogP contribution in [0.5, 0.6) is 11.5 Å². The number of nitrogen functional groups attached to an aromatic ring is 1. The molecule has 0 radical (unpaired) electrons. The van der Waals surface area contributed by atoms with Crippen molar-refractivity contribution in [2.45, 2.75) is 13.8 Å². The van der Waals surface area contributed by atoms with Crippen molar-refractivity contribution in [3.8, 4) is 11.5 Å². The third kappa shape index (κ3) is 5.27. The van der Waals surface area contributed by atoms with E-state index >= 15 is 0 Å². The van der Waals surface area contributed by atoms with Crippen LogP contribution in [0.4, 0.5) is 5.69 Å². The first kappa shape index (κ1) is 12.6. The van der Waals surface area contributed by atoms with Gasteiger partial charge in [0.1, 0.15) is 11.5 Å². The van der Waals surface area contributed by atoms with Crippen LogP contribution < -0.4 is 5.73 Å². The molecule has 0 saturated heterocycles. The molecule has 0 atom stereocenters. The van der Waals surface area contributed by atoms with Crippen molar-refractivity contribution in [1.82, 2.24) is 0 Å². The molecule has 4 heteroatoms. The third-order valence-electron chi connectivity index (χ3n) is 1.42. The summed E-state index contributed by atoms with van der Waals surface area (Å²) in [4.78, 5) is 0. The van der Waals surface area contributed by atoms with Gasteiger partial charge in [0.15, 0.2) is 0 Å². The maximum atomic E-state index is 8.81. The van der Waals surface area contributed by atoms with Crippen molar-refractivity contribution < 1.29 is 14.9 Å². The molecule has 0 amide bonds. The van der Waals surface area contributed by atoms with E-state index in [1.807, 2.05) is 13.8 Å². The Bertz CT molecular complexity index is 262. The van der Waals surface area contributed by atoms with E-state index in [0.717, 1.165) is 13.2 Å². The number of hydrogen-bond acceptors (Lipinski definition) is 4. The molecule has 0 heterocycles. The molecule has 0 aromatic heterocycles. The van der Waals surface area contributed by atoms with Gasteiger partial charge in [0.2, 0.25) is 0 Å². The Kier molecular flexibility index (Phi) is 6.32. The second-order valence-electron chi connectivity index (χ2n) is 2.52. The smallest absolute Gasteiger partial charge is 0.138 e. The number of hydrogen-bond donors (Lipinski definition) is 3. The first-order valence-electron chi connectivity index (χ1n) is 4.47. The van der Waals surface area contributed by atoms with E-state index in [1.165, 1.54) is 18.2 Å². The van der Waals surface area contributed by atoms with Crippen molar-refractivity contribution in [2.75, 3.05) is 18.9 Å². The molecular weight excluding hydrogens is 182 g/mol. The number of phenolic OH excluding ortho intramolecular Hbond substituents is 2. The standard InChI is InChI=1S/C6H7NO2.C4H10O/c7-5-3-4(8)1-2-6(5)9;1-3-5-4-2/h1-3,8-9H,7H2;3-4H2,1-2H3. The van der Waals surface area contributed by atoms with Crippen LogP contribution >= 0.6 is 0 Å². The number of nitrogens with two attached hydrogens (primary N) is 1. The molecule has 1 rings (SSSR count). The summed E-state index contributed by atoms with van der Waals surface area (Å²) in [5, 5.41) is 17.6. The topological polar surface area (TPSA) is 75.7 Å². The summed E-state index contributed by atoms with van der Waals surface area (Å²) in [6.45, 7) is 5.67. The average Bonchev–Trinajstić information content (AvgIpc) is 2.14. The molecule has 0 bridgehead atoms. The molecular formula is C10H17NO3. The van der Waals surface area contributed by atoms with Gasteiger partial charge in [-0.15, -0.1) is 0 Å². The molecule has 0 aliphatic heterocycles. The van der Waals surface area contributed by atoms with E-state index < -0.39 is 0 Å². The van der Waals surface area contributed by atoms with E-state index in [9.17, 15) is 0 Å². The number of phenols is 2. The van der Waals surface area contributed by atoms with Crippen LogP contribution in [-0.4, -0.2) is 23.4 Å². The molecule has 0 aliphatic carbocycles. The van der Waals surface area contributed by atoms with Crippen molar-refractivity contribution in [2.24, 2.45) is 0 Å². The first-order chi connectivity index (χ1) is 6.61. The maximum Gasteiger partial charge on any atom is 0.138 e. The molecule has 0 unspecified atom stereocenters. The summed E-state index contributed by atoms with van der Waals surface area (Å²) < 4.78 is 4.83. The highest BCUT2D eigenvalue weighted by Gasteiger charge is 1.94. The second-order valence-corrected chi connectivity index (χ2v) is 2.52. The molecule has 0 spiro atoms. The fraction of sp³-hybridized carbons (Fsp3) is 0.400. The lowest BCUT2D eigenvalue weighted by atomic mass is 10.3. The molecule has 80 valence electrons. The van der Waals surface area contributed by atoms with E-state index in [1.54, 1.807) is 0 Å². The molecule has 0 aliphatic rings. The van der Waals surface area contributed by atoms with Crippen LogP contribution in [0.25, 0.3) is 0 Å². The summed E-state index contributed by atoms with van der Waals surface area (Å²) >= 11 is 0. The first-order valence-corrected chi connectivity index (χ1v) is 4.47. The zero-order valence-electron chi connectivity index (χ0n) is 8.53.